The number of carbonyl (C=O) groups excluding carboxylic acids is 1. The maximum absolute atomic E-state index is 11.3. The fourth-order valence-electron chi connectivity index (χ4n) is 2.04. The maximum Gasteiger partial charge on any atom is 0.252 e. The smallest absolute Gasteiger partial charge is 0.252 e. The Morgan fingerprint density at radius 2 is 1.90 bits per heavy atom. The van der Waals surface area contributed by atoms with Crippen LogP contribution in [0.1, 0.15) is 21.5 Å². The summed E-state index contributed by atoms with van der Waals surface area (Å²) in [6.07, 6.45) is 0. The van der Waals surface area contributed by atoms with Gasteiger partial charge in [0.2, 0.25) is 0 Å². The van der Waals surface area contributed by atoms with Crippen molar-refractivity contribution in [3.8, 4) is 11.5 Å². The molecule has 2 rings (SSSR count). The molecule has 0 aromatic heterocycles. The number of amides is 1. The van der Waals surface area contributed by atoms with Gasteiger partial charge in [0.25, 0.3) is 5.91 Å². The van der Waals surface area contributed by atoms with Crippen LogP contribution in [0, 0.1) is 0 Å². The number of para-hydroxylation sites is 1. The number of carbonyl (C=O) groups is 1. The molecule has 2 aromatic rings. The Hall–Kier alpha value is -2.53. The number of methoxy groups -OCH3 is 1. The van der Waals surface area contributed by atoms with Crippen molar-refractivity contribution in [3.05, 3.63) is 59.2 Å². The zero-order chi connectivity index (χ0) is 15.2. The molecular formula is C16H18N2O3. The maximum atomic E-state index is 11.3. The monoisotopic (exact) mass is 286 g/mol. The van der Waals surface area contributed by atoms with Crippen LogP contribution in [-0.4, -0.2) is 13.0 Å². The second kappa shape index (κ2) is 6.76. The van der Waals surface area contributed by atoms with E-state index in [0.29, 0.717) is 24.5 Å². The van der Waals surface area contributed by atoms with E-state index < -0.39 is 5.91 Å². The lowest BCUT2D eigenvalue weighted by Gasteiger charge is -2.12. The van der Waals surface area contributed by atoms with Crippen molar-refractivity contribution in [1.29, 1.82) is 0 Å². The zero-order valence-electron chi connectivity index (χ0n) is 11.8. The molecule has 21 heavy (non-hydrogen) atoms. The molecule has 0 saturated heterocycles. The minimum Gasteiger partial charge on any atom is -0.496 e. The SMILES string of the molecule is COc1ccc(COc2ccccc2C(N)=O)cc1CN. The summed E-state index contributed by atoms with van der Waals surface area (Å²) in [6, 6.07) is 12.6. The van der Waals surface area contributed by atoms with Crippen LogP contribution < -0.4 is 20.9 Å². The first-order valence-corrected chi connectivity index (χ1v) is 6.53. The van der Waals surface area contributed by atoms with Crippen LogP contribution in [0.25, 0.3) is 0 Å². The van der Waals surface area contributed by atoms with E-state index in [-0.39, 0.29) is 0 Å². The van der Waals surface area contributed by atoms with Gasteiger partial charge in [-0.2, -0.15) is 0 Å². The molecule has 0 aliphatic carbocycles. The predicted molar refractivity (Wildman–Crippen MR) is 80.2 cm³/mol. The van der Waals surface area contributed by atoms with Gasteiger partial charge in [0.1, 0.15) is 18.1 Å². The average Bonchev–Trinajstić information content (AvgIpc) is 2.52. The zero-order valence-corrected chi connectivity index (χ0v) is 11.8. The highest BCUT2D eigenvalue weighted by atomic mass is 16.5. The van der Waals surface area contributed by atoms with E-state index in [1.807, 2.05) is 18.2 Å². The summed E-state index contributed by atoms with van der Waals surface area (Å²) in [5, 5.41) is 0. The van der Waals surface area contributed by atoms with Crippen molar-refractivity contribution >= 4 is 5.91 Å². The second-order valence-corrected chi connectivity index (χ2v) is 4.50. The summed E-state index contributed by atoms with van der Waals surface area (Å²) >= 11 is 0. The normalized spacial score (nSPS) is 10.2. The first-order chi connectivity index (χ1) is 10.2. The molecular weight excluding hydrogens is 268 g/mol. The van der Waals surface area contributed by atoms with Gasteiger partial charge in [0.15, 0.2) is 0 Å². The van der Waals surface area contributed by atoms with Crippen molar-refractivity contribution in [2.75, 3.05) is 7.11 Å². The topological polar surface area (TPSA) is 87.6 Å². The fourth-order valence-corrected chi connectivity index (χ4v) is 2.04. The standard InChI is InChI=1S/C16H18N2O3/c1-20-14-7-6-11(8-12(14)9-17)10-21-15-5-3-2-4-13(15)16(18)19/h2-8H,9-10,17H2,1H3,(H2,18,19). The molecule has 0 bridgehead atoms. The van der Waals surface area contributed by atoms with Gasteiger partial charge >= 0.3 is 0 Å². The lowest BCUT2D eigenvalue weighted by atomic mass is 10.1. The Balaban J connectivity index is 2.15. The van der Waals surface area contributed by atoms with Crippen LogP contribution in [0.15, 0.2) is 42.5 Å². The van der Waals surface area contributed by atoms with Gasteiger partial charge in [-0.3, -0.25) is 4.79 Å². The largest absolute Gasteiger partial charge is 0.496 e. The van der Waals surface area contributed by atoms with Gasteiger partial charge in [-0.05, 0) is 29.8 Å². The molecule has 110 valence electrons. The summed E-state index contributed by atoms with van der Waals surface area (Å²) in [7, 11) is 1.60. The predicted octanol–water partition coefficient (Wildman–Crippen LogP) is 1.83. The second-order valence-electron chi connectivity index (χ2n) is 4.50. The van der Waals surface area contributed by atoms with E-state index in [1.165, 1.54) is 0 Å². The fraction of sp³-hybridized carbons (Fsp3) is 0.188. The van der Waals surface area contributed by atoms with E-state index in [1.54, 1.807) is 31.4 Å². The molecule has 0 aliphatic heterocycles. The highest BCUT2D eigenvalue weighted by Crippen LogP contribution is 2.22. The van der Waals surface area contributed by atoms with Crippen LogP contribution in [-0.2, 0) is 13.2 Å². The third-order valence-electron chi connectivity index (χ3n) is 3.11. The highest BCUT2D eigenvalue weighted by molar-refractivity contribution is 5.95. The average molecular weight is 286 g/mol. The van der Waals surface area contributed by atoms with E-state index in [4.69, 9.17) is 20.9 Å². The number of hydrogen-bond acceptors (Lipinski definition) is 4. The van der Waals surface area contributed by atoms with Crippen LogP contribution in [0.2, 0.25) is 0 Å². The molecule has 0 radical (unpaired) electrons. The van der Waals surface area contributed by atoms with Crippen LogP contribution in [0.4, 0.5) is 0 Å². The minimum atomic E-state index is -0.511. The molecule has 2 aromatic carbocycles. The van der Waals surface area contributed by atoms with Crippen LogP contribution >= 0.6 is 0 Å². The summed E-state index contributed by atoms with van der Waals surface area (Å²) in [6.45, 7) is 0.705. The highest BCUT2D eigenvalue weighted by Gasteiger charge is 2.09. The third kappa shape index (κ3) is 3.52. The van der Waals surface area contributed by atoms with Gasteiger partial charge in [0, 0.05) is 12.1 Å². The van der Waals surface area contributed by atoms with Crippen molar-refractivity contribution in [3.63, 3.8) is 0 Å². The summed E-state index contributed by atoms with van der Waals surface area (Å²) in [5.74, 6) is 0.705. The molecule has 4 N–H and O–H groups in total. The third-order valence-corrected chi connectivity index (χ3v) is 3.11. The van der Waals surface area contributed by atoms with E-state index in [2.05, 4.69) is 0 Å². The lowest BCUT2D eigenvalue weighted by Crippen LogP contribution is -2.13. The van der Waals surface area contributed by atoms with Crippen molar-refractivity contribution in [1.82, 2.24) is 0 Å². The number of primary amides is 1. The Morgan fingerprint density at radius 3 is 2.57 bits per heavy atom. The Bertz CT molecular complexity index is 641. The van der Waals surface area contributed by atoms with Crippen molar-refractivity contribution < 1.29 is 14.3 Å². The number of benzene rings is 2. The van der Waals surface area contributed by atoms with E-state index in [9.17, 15) is 4.79 Å². The van der Waals surface area contributed by atoms with Crippen LogP contribution in [0.3, 0.4) is 0 Å². The molecule has 1 amide bonds. The number of ether oxygens (including phenoxy) is 2. The Labute approximate surface area is 123 Å². The quantitative estimate of drug-likeness (QED) is 0.848. The Morgan fingerprint density at radius 1 is 1.14 bits per heavy atom. The van der Waals surface area contributed by atoms with Gasteiger partial charge < -0.3 is 20.9 Å². The summed E-state index contributed by atoms with van der Waals surface area (Å²) < 4.78 is 10.9. The summed E-state index contributed by atoms with van der Waals surface area (Å²) in [4.78, 5) is 11.3. The molecule has 0 unspecified atom stereocenters. The van der Waals surface area contributed by atoms with Gasteiger partial charge in [-0.15, -0.1) is 0 Å². The molecule has 0 spiro atoms. The van der Waals surface area contributed by atoms with Gasteiger partial charge in [-0.1, -0.05) is 18.2 Å². The molecule has 5 nitrogen and oxygen atoms in total. The lowest BCUT2D eigenvalue weighted by molar-refractivity contribution is 0.0996. The number of nitrogens with two attached hydrogens (primary N) is 2. The number of hydrogen-bond donors (Lipinski definition) is 2. The summed E-state index contributed by atoms with van der Waals surface area (Å²) in [5.41, 5.74) is 13.2. The first-order valence-electron chi connectivity index (χ1n) is 6.53. The van der Waals surface area contributed by atoms with Gasteiger partial charge in [0.05, 0.1) is 12.7 Å². The van der Waals surface area contributed by atoms with Crippen molar-refractivity contribution in [2.24, 2.45) is 11.5 Å². The van der Waals surface area contributed by atoms with E-state index >= 15 is 0 Å². The minimum absolute atomic E-state index is 0.321. The van der Waals surface area contributed by atoms with Gasteiger partial charge in [-0.25, -0.2) is 0 Å². The molecule has 5 heteroatoms. The molecule has 0 aliphatic rings. The van der Waals surface area contributed by atoms with Crippen molar-refractivity contribution in [2.45, 2.75) is 13.2 Å². The van der Waals surface area contributed by atoms with E-state index in [0.717, 1.165) is 16.9 Å². The molecule has 0 fully saturated rings. The molecule has 0 atom stereocenters. The number of rotatable bonds is 6. The van der Waals surface area contributed by atoms with Crippen LogP contribution in [0.5, 0.6) is 11.5 Å². The molecule has 0 heterocycles. The molecule has 0 saturated carbocycles. The first kappa shape index (κ1) is 14.9. The Kier molecular flexibility index (Phi) is 4.79.